The molecule has 0 aliphatic heterocycles. The van der Waals surface area contributed by atoms with E-state index in [9.17, 15) is 0 Å². The summed E-state index contributed by atoms with van der Waals surface area (Å²) < 4.78 is 0. The first-order valence-corrected chi connectivity index (χ1v) is 8.11. The van der Waals surface area contributed by atoms with Gasteiger partial charge in [0.25, 0.3) is 0 Å². The SMILES string of the molecule is CP(C)C.[C-]1=CC=CC1.[CH-]=C(C)C=C(C)C.[Ti+2]. The number of hydrogen-bond acceptors (Lipinski definition) is 0. The third kappa shape index (κ3) is 38.7. The predicted molar refractivity (Wildman–Crippen MR) is 79.2 cm³/mol. The van der Waals surface area contributed by atoms with Crippen molar-refractivity contribution in [2.45, 2.75) is 27.2 Å². The normalized spacial score (nSPS) is 10.5. The monoisotopic (exact) mass is 284 g/mol. The Morgan fingerprint density at radius 1 is 1.24 bits per heavy atom. The Morgan fingerprint density at radius 2 is 1.71 bits per heavy atom. The summed E-state index contributed by atoms with van der Waals surface area (Å²) in [5, 5.41) is 0. The number of rotatable bonds is 1. The molecule has 0 N–H and O–H groups in total. The van der Waals surface area contributed by atoms with Crippen LogP contribution >= 0.6 is 7.92 Å². The molecule has 94 valence electrons. The maximum absolute atomic E-state index is 5.33. The van der Waals surface area contributed by atoms with Gasteiger partial charge in [-0.2, -0.15) is 11.6 Å². The van der Waals surface area contributed by atoms with E-state index in [0.29, 0.717) is 7.92 Å². The van der Waals surface area contributed by atoms with Crippen LogP contribution in [0.1, 0.15) is 27.2 Å². The number of allylic oxidation sites excluding steroid dienone is 7. The fourth-order valence-electron chi connectivity index (χ4n) is 0.796. The van der Waals surface area contributed by atoms with Gasteiger partial charge in [-0.15, -0.1) is 14.3 Å². The Hall–Kier alpha value is 0.104. The van der Waals surface area contributed by atoms with Crippen molar-refractivity contribution in [3.8, 4) is 0 Å². The summed E-state index contributed by atoms with van der Waals surface area (Å²) in [5.74, 6) is 0. The first-order chi connectivity index (χ1) is 7.36. The molecule has 0 bridgehead atoms. The van der Waals surface area contributed by atoms with Crippen molar-refractivity contribution in [3.63, 3.8) is 0 Å². The van der Waals surface area contributed by atoms with Crippen LogP contribution in [0.2, 0.25) is 0 Å². The van der Waals surface area contributed by atoms with Crippen molar-refractivity contribution in [1.29, 1.82) is 0 Å². The average molecular weight is 284 g/mol. The van der Waals surface area contributed by atoms with Gasteiger partial charge in [0.2, 0.25) is 0 Å². The minimum atomic E-state index is 0. The zero-order valence-electron chi connectivity index (χ0n) is 12.0. The Labute approximate surface area is 125 Å². The van der Waals surface area contributed by atoms with E-state index in [-0.39, 0.29) is 21.7 Å². The second-order valence-corrected chi connectivity index (χ2v) is 6.99. The van der Waals surface area contributed by atoms with Crippen molar-refractivity contribution >= 4 is 7.92 Å². The molecule has 0 spiro atoms. The molecule has 1 aliphatic carbocycles. The zero-order valence-corrected chi connectivity index (χ0v) is 14.5. The standard InChI is InChI=1S/C7H11.C5H5.C3H9P.Ti/c1-6(2)5-7(3)4;1-2-4-5-3-1;1-4(2)3;/h1,5H,2-4H3;1-3H,4H2;1-3H3;/q2*-1;;+2. The van der Waals surface area contributed by atoms with Gasteiger partial charge in [-0.05, 0) is 20.0 Å². The molecular formula is C15H25PTi. The van der Waals surface area contributed by atoms with Crippen LogP contribution in [-0.4, -0.2) is 20.0 Å². The molecular weight excluding hydrogens is 259 g/mol. The maximum Gasteiger partial charge on any atom is 2.00 e. The Kier molecular flexibility index (Phi) is 21.1. The van der Waals surface area contributed by atoms with E-state index < -0.39 is 0 Å². The summed E-state index contributed by atoms with van der Waals surface area (Å²) in [6, 6.07) is 0. The molecule has 1 rings (SSSR count). The van der Waals surface area contributed by atoms with Gasteiger partial charge < -0.3 is 0 Å². The fourth-order valence-corrected chi connectivity index (χ4v) is 0.796. The molecule has 0 aromatic rings. The predicted octanol–water partition coefficient (Wildman–Crippen LogP) is 4.99. The van der Waals surface area contributed by atoms with Gasteiger partial charge in [0, 0.05) is 0 Å². The van der Waals surface area contributed by atoms with Crippen LogP contribution < -0.4 is 0 Å². The van der Waals surface area contributed by atoms with Crippen molar-refractivity contribution < 1.29 is 21.7 Å². The summed E-state index contributed by atoms with van der Waals surface area (Å²) >= 11 is 0. The average Bonchev–Trinajstić information content (AvgIpc) is 2.54. The molecule has 0 aromatic heterocycles. The Balaban J connectivity index is -0.000000175. The van der Waals surface area contributed by atoms with Gasteiger partial charge in [0.15, 0.2) is 0 Å². The minimum absolute atomic E-state index is 0. The first kappa shape index (κ1) is 22.3. The van der Waals surface area contributed by atoms with E-state index in [1.807, 2.05) is 39.0 Å². The van der Waals surface area contributed by atoms with Crippen molar-refractivity contribution in [2.24, 2.45) is 0 Å². The second-order valence-electron chi connectivity index (χ2n) is 4.31. The van der Waals surface area contributed by atoms with Crippen LogP contribution in [0.3, 0.4) is 0 Å². The largest absolute Gasteiger partial charge is 2.00 e. The molecule has 1 aliphatic rings. The smallest absolute Gasteiger partial charge is 0.290 e. The van der Waals surface area contributed by atoms with E-state index in [4.69, 9.17) is 6.58 Å². The molecule has 0 saturated carbocycles. The van der Waals surface area contributed by atoms with Gasteiger partial charge in [0.1, 0.15) is 0 Å². The summed E-state index contributed by atoms with van der Waals surface area (Å²) in [7, 11) is 0.380. The van der Waals surface area contributed by atoms with Crippen molar-refractivity contribution in [2.75, 3.05) is 20.0 Å². The van der Waals surface area contributed by atoms with Crippen molar-refractivity contribution in [3.05, 3.63) is 48.1 Å². The van der Waals surface area contributed by atoms with E-state index in [2.05, 4.69) is 32.1 Å². The molecule has 0 fully saturated rings. The molecule has 0 radical (unpaired) electrons. The number of hydrogen-bond donors (Lipinski definition) is 0. The molecule has 2 heteroatoms. The molecule has 17 heavy (non-hydrogen) atoms. The fraction of sp³-hybridized carbons (Fsp3) is 0.467. The molecule has 0 nitrogen and oxygen atoms in total. The van der Waals surface area contributed by atoms with Crippen LogP contribution in [-0.2, 0) is 21.7 Å². The Morgan fingerprint density at radius 3 is 1.76 bits per heavy atom. The third-order valence-electron chi connectivity index (χ3n) is 1.10. The first-order valence-electron chi connectivity index (χ1n) is 5.42. The topological polar surface area (TPSA) is 0 Å². The van der Waals surface area contributed by atoms with Crippen LogP contribution in [0.15, 0.2) is 35.5 Å². The second kappa shape index (κ2) is 16.1. The summed E-state index contributed by atoms with van der Waals surface area (Å²) in [4.78, 5) is 0. The van der Waals surface area contributed by atoms with E-state index in [0.717, 1.165) is 12.0 Å². The summed E-state index contributed by atoms with van der Waals surface area (Å²) in [6.07, 6.45) is 11.9. The van der Waals surface area contributed by atoms with Crippen LogP contribution in [0, 0.1) is 12.7 Å². The molecule has 0 amide bonds. The van der Waals surface area contributed by atoms with Gasteiger partial charge >= 0.3 is 21.7 Å². The van der Waals surface area contributed by atoms with Crippen molar-refractivity contribution in [1.82, 2.24) is 0 Å². The van der Waals surface area contributed by atoms with Crippen LogP contribution in [0.25, 0.3) is 0 Å². The van der Waals surface area contributed by atoms with Gasteiger partial charge in [-0.3, -0.25) is 12.7 Å². The van der Waals surface area contributed by atoms with Gasteiger partial charge in [0.05, 0.1) is 0 Å². The van der Waals surface area contributed by atoms with E-state index in [1.54, 1.807) is 0 Å². The summed E-state index contributed by atoms with van der Waals surface area (Å²) in [5.41, 5.74) is 2.13. The summed E-state index contributed by atoms with van der Waals surface area (Å²) in [6.45, 7) is 18.0. The van der Waals surface area contributed by atoms with E-state index in [1.165, 1.54) is 5.57 Å². The molecule has 0 saturated heterocycles. The van der Waals surface area contributed by atoms with Crippen LogP contribution in [0.4, 0.5) is 0 Å². The molecule has 0 unspecified atom stereocenters. The minimum Gasteiger partial charge on any atom is -0.290 e. The quantitative estimate of drug-likeness (QED) is 0.275. The third-order valence-corrected chi connectivity index (χ3v) is 1.10. The van der Waals surface area contributed by atoms with Gasteiger partial charge in [-0.25, -0.2) is 23.8 Å². The van der Waals surface area contributed by atoms with Crippen LogP contribution in [0.5, 0.6) is 0 Å². The maximum atomic E-state index is 5.33. The Bertz CT molecular complexity index is 243. The molecule has 0 aromatic carbocycles. The molecule has 0 atom stereocenters. The van der Waals surface area contributed by atoms with Gasteiger partial charge in [-0.1, -0.05) is 20.8 Å². The zero-order chi connectivity index (χ0) is 13.0. The van der Waals surface area contributed by atoms with E-state index >= 15 is 0 Å². The molecule has 0 heterocycles.